The van der Waals surface area contributed by atoms with Crippen molar-refractivity contribution < 1.29 is 14.3 Å². The van der Waals surface area contributed by atoms with E-state index in [1.165, 1.54) is 0 Å². The van der Waals surface area contributed by atoms with Gasteiger partial charge in [0.25, 0.3) is 0 Å². The van der Waals surface area contributed by atoms with Crippen LogP contribution in [0, 0.1) is 11.3 Å². The maximum absolute atomic E-state index is 12.3. The molecule has 0 aliphatic heterocycles. The van der Waals surface area contributed by atoms with E-state index >= 15 is 0 Å². The zero-order chi connectivity index (χ0) is 18.4. The molecule has 6 heteroatoms. The van der Waals surface area contributed by atoms with Gasteiger partial charge in [0.1, 0.15) is 0 Å². The highest BCUT2D eigenvalue weighted by Crippen LogP contribution is 2.32. The highest BCUT2D eigenvalue weighted by Gasteiger charge is 2.24. The standard InChI is InChI=1S/C19H21N3O3/c1-19(2,14-7-10-16(24-3)17(11-14)25-4)22-18(23)21-15-8-5-13(12-20)6-9-15/h5-11H,1-4H3,(H2,21,22,23). The zero-order valence-corrected chi connectivity index (χ0v) is 14.7. The number of hydrogen-bond acceptors (Lipinski definition) is 4. The molecule has 0 saturated heterocycles. The Bertz CT molecular complexity index is 793. The van der Waals surface area contributed by atoms with Gasteiger partial charge in [-0.1, -0.05) is 6.07 Å². The third-order valence-electron chi connectivity index (χ3n) is 3.80. The van der Waals surface area contributed by atoms with Gasteiger partial charge in [-0.2, -0.15) is 5.26 Å². The number of nitrogens with zero attached hydrogens (tertiary/aromatic N) is 1. The molecule has 0 atom stereocenters. The predicted molar refractivity (Wildman–Crippen MR) is 95.9 cm³/mol. The Morgan fingerprint density at radius 1 is 1.04 bits per heavy atom. The fourth-order valence-electron chi connectivity index (χ4n) is 2.37. The van der Waals surface area contributed by atoms with Crippen LogP contribution in [-0.4, -0.2) is 20.3 Å². The molecule has 2 aromatic carbocycles. The van der Waals surface area contributed by atoms with Crippen molar-refractivity contribution in [2.24, 2.45) is 0 Å². The topological polar surface area (TPSA) is 83.4 Å². The minimum atomic E-state index is -0.629. The van der Waals surface area contributed by atoms with Crippen molar-refractivity contribution in [2.45, 2.75) is 19.4 Å². The van der Waals surface area contributed by atoms with Crippen LogP contribution in [0.15, 0.2) is 42.5 Å². The van der Waals surface area contributed by atoms with Crippen molar-refractivity contribution in [3.8, 4) is 17.6 Å². The van der Waals surface area contributed by atoms with Crippen LogP contribution in [0.5, 0.6) is 11.5 Å². The Kier molecular flexibility index (Phi) is 5.50. The van der Waals surface area contributed by atoms with E-state index in [-0.39, 0.29) is 6.03 Å². The summed E-state index contributed by atoms with van der Waals surface area (Å²) in [5, 5.41) is 14.5. The summed E-state index contributed by atoms with van der Waals surface area (Å²) < 4.78 is 10.6. The number of hydrogen-bond donors (Lipinski definition) is 2. The largest absolute Gasteiger partial charge is 0.493 e. The summed E-state index contributed by atoms with van der Waals surface area (Å²) in [6, 6.07) is 13.9. The predicted octanol–water partition coefficient (Wildman–Crippen LogP) is 3.63. The molecule has 0 radical (unpaired) electrons. The van der Waals surface area contributed by atoms with Crippen molar-refractivity contribution in [1.29, 1.82) is 5.26 Å². The maximum atomic E-state index is 12.3. The van der Waals surface area contributed by atoms with Crippen LogP contribution in [0.1, 0.15) is 25.0 Å². The number of urea groups is 1. The van der Waals surface area contributed by atoms with Gasteiger partial charge in [-0.05, 0) is 55.8 Å². The van der Waals surface area contributed by atoms with E-state index in [9.17, 15) is 4.79 Å². The molecule has 2 N–H and O–H groups in total. The SMILES string of the molecule is COc1ccc(C(C)(C)NC(=O)Nc2ccc(C#N)cc2)cc1OC. The molecule has 2 aromatic rings. The Morgan fingerprint density at radius 3 is 2.24 bits per heavy atom. The van der Waals surface area contributed by atoms with E-state index in [4.69, 9.17) is 14.7 Å². The van der Waals surface area contributed by atoms with Crippen LogP contribution in [0.4, 0.5) is 10.5 Å². The number of carbonyl (C=O) groups excluding carboxylic acids is 1. The number of nitrogens with one attached hydrogen (secondary N) is 2. The third-order valence-corrected chi connectivity index (χ3v) is 3.80. The lowest BCUT2D eigenvalue weighted by molar-refractivity contribution is 0.241. The van der Waals surface area contributed by atoms with Gasteiger partial charge in [-0.3, -0.25) is 0 Å². The molecular weight excluding hydrogens is 318 g/mol. The van der Waals surface area contributed by atoms with Gasteiger partial charge < -0.3 is 20.1 Å². The van der Waals surface area contributed by atoms with E-state index in [1.54, 1.807) is 44.6 Å². The van der Waals surface area contributed by atoms with Crippen LogP contribution in [0.25, 0.3) is 0 Å². The molecule has 130 valence electrons. The quantitative estimate of drug-likeness (QED) is 0.871. The van der Waals surface area contributed by atoms with E-state index in [0.717, 1.165) is 5.56 Å². The van der Waals surface area contributed by atoms with Crippen LogP contribution in [0.2, 0.25) is 0 Å². The molecule has 0 spiro atoms. The van der Waals surface area contributed by atoms with Crippen molar-refractivity contribution >= 4 is 11.7 Å². The van der Waals surface area contributed by atoms with Gasteiger partial charge >= 0.3 is 6.03 Å². The summed E-state index contributed by atoms with van der Waals surface area (Å²) in [4.78, 5) is 12.3. The first-order chi connectivity index (χ1) is 11.9. The summed E-state index contributed by atoms with van der Waals surface area (Å²) >= 11 is 0. The van der Waals surface area contributed by atoms with E-state index in [1.807, 2.05) is 32.0 Å². The molecule has 0 saturated carbocycles. The molecule has 0 aliphatic carbocycles. The molecule has 25 heavy (non-hydrogen) atoms. The number of benzene rings is 2. The minimum Gasteiger partial charge on any atom is -0.493 e. The van der Waals surface area contributed by atoms with Crippen molar-refractivity contribution in [3.05, 3.63) is 53.6 Å². The summed E-state index contributed by atoms with van der Waals surface area (Å²) in [5.74, 6) is 1.23. The molecule has 0 unspecified atom stereocenters. The average Bonchev–Trinajstić information content (AvgIpc) is 2.61. The van der Waals surface area contributed by atoms with Crippen molar-refractivity contribution in [3.63, 3.8) is 0 Å². The first kappa shape index (κ1) is 18.1. The Morgan fingerprint density at radius 2 is 1.68 bits per heavy atom. The Hall–Kier alpha value is -3.20. The second kappa shape index (κ2) is 7.58. The van der Waals surface area contributed by atoms with Gasteiger partial charge in [0.2, 0.25) is 0 Å². The van der Waals surface area contributed by atoms with Gasteiger partial charge in [-0.15, -0.1) is 0 Å². The molecule has 2 rings (SSSR count). The first-order valence-corrected chi connectivity index (χ1v) is 7.71. The number of ether oxygens (including phenoxy) is 2. The monoisotopic (exact) mass is 339 g/mol. The second-order valence-electron chi connectivity index (χ2n) is 5.96. The van der Waals surface area contributed by atoms with Crippen LogP contribution in [-0.2, 0) is 5.54 Å². The average molecular weight is 339 g/mol. The highest BCUT2D eigenvalue weighted by molar-refractivity contribution is 5.89. The number of anilines is 1. The van der Waals surface area contributed by atoms with E-state index in [0.29, 0.717) is 22.7 Å². The fraction of sp³-hybridized carbons (Fsp3) is 0.263. The normalized spacial score (nSPS) is 10.5. The van der Waals surface area contributed by atoms with Crippen LogP contribution >= 0.6 is 0 Å². The molecule has 6 nitrogen and oxygen atoms in total. The van der Waals surface area contributed by atoms with E-state index in [2.05, 4.69) is 10.6 Å². The van der Waals surface area contributed by atoms with Crippen molar-refractivity contribution in [2.75, 3.05) is 19.5 Å². The molecule has 0 aliphatic rings. The molecule has 0 heterocycles. The summed E-state index contributed by atoms with van der Waals surface area (Å²) in [7, 11) is 3.14. The summed E-state index contributed by atoms with van der Waals surface area (Å²) in [6.45, 7) is 3.79. The van der Waals surface area contributed by atoms with Crippen LogP contribution < -0.4 is 20.1 Å². The second-order valence-corrected chi connectivity index (χ2v) is 5.96. The zero-order valence-electron chi connectivity index (χ0n) is 14.7. The maximum Gasteiger partial charge on any atom is 0.319 e. The lowest BCUT2D eigenvalue weighted by atomic mass is 9.94. The smallest absolute Gasteiger partial charge is 0.319 e. The number of methoxy groups -OCH3 is 2. The fourth-order valence-corrected chi connectivity index (χ4v) is 2.37. The van der Waals surface area contributed by atoms with Gasteiger partial charge in [0.15, 0.2) is 11.5 Å². The minimum absolute atomic E-state index is 0.343. The number of carbonyl (C=O) groups is 1. The number of rotatable bonds is 5. The molecule has 2 amide bonds. The first-order valence-electron chi connectivity index (χ1n) is 7.71. The van der Waals surface area contributed by atoms with Gasteiger partial charge in [-0.25, -0.2) is 4.79 Å². The molecular formula is C19H21N3O3. The lowest BCUT2D eigenvalue weighted by Gasteiger charge is -2.27. The number of amides is 2. The van der Waals surface area contributed by atoms with Gasteiger partial charge in [0.05, 0.1) is 31.4 Å². The van der Waals surface area contributed by atoms with Crippen molar-refractivity contribution in [1.82, 2.24) is 5.32 Å². The number of nitriles is 1. The van der Waals surface area contributed by atoms with Crippen LogP contribution in [0.3, 0.4) is 0 Å². The summed E-state index contributed by atoms with van der Waals surface area (Å²) in [5.41, 5.74) is 1.40. The molecule has 0 fully saturated rings. The molecule has 0 aromatic heterocycles. The summed E-state index contributed by atoms with van der Waals surface area (Å²) in [6.07, 6.45) is 0. The highest BCUT2D eigenvalue weighted by atomic mass is 16.5. The molecule has 0 bridgehead atoms. The van der Waals surface area contributed by atoms with E-state index < -0.39 is 5.54 Å². The van der Waals surface area contributed by atoms with Gasteiger partial charge in [0, 0.05) is 5.69 Å². The lowest BCUT2D eigenvalue weighted by Crippen LogP contribution is -2.43. The Balaban J connectivity index is 2.11. The Labute approximate surface area is 147 Å². The third kappa shape index (κ3) is 4.42.